The van der Waals surface area contributed by atoms with Crippen molar-refractivity contribution in [1.82, 2.24) is 4.90 Å². The molecule has 0 saturated carbocycles. The summed E-state index contributed by atoms with van der Waals surface area (Å²) in [7, 11) is 1.67. The third-order valence-electron chi connectivity index (χ3n) is 3.26. The molecule has 0 aliphatic carbocycles. The van der Waals surface area contributed by atoms with Crippen LogP contribution in [-0.4, -0.2) is 43.7 Å². The summed E-state index contributed by atoms with van der Waals surface area (Å²) in [5.41, 5.74) is 7.38. The summed E-state index contributed by atoms with van der Waals surface area (Å²) in [6, 6.07) is 7.79. The van der Waals surface area contributed by atoms with Crippen LogP contribution in [0.15, 0.2) is 24.3 Å². The van der Waals surface area contributed by atoms with Gasteiger partial charge in [-0.2, -0.15) is 0 Å². The molecule has 1 unspecified atom stereocenters. The maximum atomic E-state index is 12.0. The molecule has 0 spiro atoms. The Morgan fingerprint density at radius 2 is 2.05 bits per heavy atom. The second-order valence-corrected chi connectivity index (χ2v) is 4.82. The van der Waals surface area contributed by atoms with E-state index in [4.69, 9.17) is 10.5 Å². The van der Waals surface area contributed by atoms with Crippen molar-refractivity contribution in [2.75, 3.05) is 32.1 Å². The molecule has 0 aliphatic heterocycles. The van der Waals surface area contributed by atoms with E-state index in [2.05, 4.69) is 17.1 Å². The number of carbonyl (C=O) groups excluding carboxylic acids is 1. The van der Waals surface area contributed by atoms with Crippen molar-refractivity contribution in [3.8, 4) is 0 Å². The lowest BCUT2D eigenvalue weighted by atomic mass is 10.2. The number of likely N-dealkylation sites (N-methyl/N-ethyl adjacent to an activating group) is 1. The van der Waals surface area contributed by atoms with E-state index in [0.717, 1.165) is 17.8 Å². The van der Waals surface area contributed by atoms with Crippen molar-refractivity contribution in [3.05, 3.63) is 29.8 Å². The molecule has 20 heavy (non-hydrogen) atoms. The summed E-state index contributed by atoms with van der Waals surface area (Å²) < 4.78 is 5.13. The molecule has 0 aliphatic rings. The van der Waals surface area contributed by atoms with Crippen molar-refractivity contribution in [1.29, 1.82) is 0 Å². The summed E-state index contributed by atoms with van der Waals surface area (Å²) in [6.45, 7) is 6.38. The Balaban J connectivity index is 2.52. The van der Waals surface area contributed by atoms with E-state index < -0.39 is 0 Å². The highest BCUT2D eigenvalue weighted by atomic mass is 16.5. The van der Waals surface area contributed by atoms with Gasteiger partial charge in [0.1, 0.15) is 0 Å². The Morgan fingerprint density at radius 3 is 2.55 bits per heavy atom. The number of nitrogens with one attached hydrogen (secondary N) is 1. The number of benzene rings is 1. The summed E-state index contributed by atoms with van der Waals surface area (Å²) in [5, 5.41) is 2.89. The van der Waals surface area contributed by atoms with E-state index in [1.165, 1.54) is 0 Å². The molecule has 0 bridgehead atoms. The SMILES string of the molecule is CCN(CC(=O)Nc1ccc(CN)cc1)C(C)COC. The van der Waals surface area contributed by atoms with Crippen LogP contribution < -0.4 is 11.1 Å². The van der Waals surface area contributed by atoms with Gasteiger partial charge in [-0.15, -0.1) is 0 Å². The number of carbonyl (C=O) groups is 1. The average molecular weight is 279 g/mol. The average Bonchev–Trinajstić information content (AvgIpc) is 2.45. The number of hydrogen-bond donors (Lipinski definition) is 2. The quantitative estimate of drug-likeness (QED) is 0.755. The maximum absolute atomic E-state index is 12.0. The normalized spacial score (nSPS) is 12.4. The van der Waals surface area contributed by atoms with Crippen LogP contribution in [0.25, 0.3) is 0 Å². The standard InChI is InChI=1S/C15H25N3O2/c1-4-18(12(2)11-20-3)10-15(19)17-14-7-5-13(9-16)6-8-14/h5-8,12H,4,9-11,16H2,1-3H3,(H,17,19). The highest BCUT2D eigenvalue weighted by Crippen LogP contribution is 2.09. The molecule has 0 radical (unpaired) electrons. The van der Waals surface area contributed by atoms with Gasteiger partial charge in [0, 0.05) is 25.4 Å². The number of anilines is 1. The molecule has 3 N–H and O–H groups in total. The predicted molar refractivity (Wildman–Crippen MR) is 81.5 cm³/mol. The van der Waals surface area contributed by atoms with Gasteiger partial charge in [-0.05, 0) is 31.2 Å². The third kappa shape index (κ3) is 5.28. The molecular formula is C15H25N3O2. The fraction of sp³-hybridized carbons (Fsp3) is 0.533. The highest BCUT2D eigenvalue weighted by Gasteiger charge is 2.15. The second kappa shape index (κ2) is 8.68. The van der Waals surface area contributed by atoms with Crippen molar-refractivity contribution in [2.45, 2.75) is 26.4 Å². The molecule has 1 atom stereocenters. The van der Waals surface area contributed by atoms with Crippen molar-refractivity contribution in [2.24, 2.45) is 5.73 Å². The molecule has 1 rings (SSSR count). The number of hydrogen-bond acceptors (Lipinski definition) is 4. The minimum Gasteiger partial charge on any atom is -0.383 e. The lowest BCUT2D eigenvalue weighted by molar-refractivity contribution is -0.118. The molecule has 1 amide bonds. The Bertz CT molecular complexity index is 406. The number of rotatable bonds is 8. The lowest BCUT2D eigenvalue weighted by Gasteiger charge is -2.26. The lowest BCUT2D eigenvalue weighted by Crippen LogP contribution is -2.41. The summed E-state index contributed by atoms with van der Waals surface area (Å²) in [4.78, 5) is 14.1. The van der Waals surface area contributed by atoms with E-state index in [0.29, 0.717) is 19.7 Å². The molecule has 0 fully saturated rings. The van der Waals surface area contributed by atoms with Crippen LogP contribution in [0.3, 0.4) is 0 Å². The van der Waals surface area contributed by atoms with Crippen molar-refractivity contribution < 1.29 is 9.53 Å². The van der Waals surface area contributed by atoms with Crippen LogP contribution in [-0.2, 0) is 16.1 Å². The minimum absolute atomic E-state index is 0.0182. The van der Waals surface area contributed by atoms with E-state index in [1.807, 2.05) is 31.2 Å². The second-order valence-electron chi connectivity index (χ2n) is 4.82. The van der Waals surface area contributed by atoms with E-state index in [9.17, 15) is 4.79 Å². The first kappa shape index (κ1) is 16.6. The van der Waals surface area contributed by atoms with Gasteiger partial charge in [-0.25, -0.2) is 0 Å². The van der Waals surface area contributed by atoms with Gasteiger partial charge in [-0.1, -0.05) is 19.1 Å². The van der Waals surface area contributed by atoms with Gasteiger partial charge in [0.25, 0.3) is 0 Å². The number of amides is 1. The maximum Gasteiger partial charge on any atom is 0.238 e. The molecule has 0 saturated heterocycles. The highest BCUT2D eigenvalue weighted by molar-refractivity contribution is 5.92. The van der Waals surface area contributed by atoms with Crippen LogP contribution >= 0.6 is 0 Å². The Kier molecular flexibility index (Phi) is 7.22. The molecule has 5 heteroatoms. The first-order valence-corrected chi connectivity index (χ1v) is 6.92. The number of ether oxygens (including phenoxy) is 1. The number of nitrogens with two attached hydrogens (primary N) is 1. The zero-order chi connectivity index (χ0) is 15.0. The molecule has 0 aromatic heterocycles. The molecular weight excluding hydrogens is 254 g/mol. The van der Waals surface area contributed by atoms with Crippen LogP contribution in [0.5, 0.6) is 0 Å². The van der Waals surface area contributed by atoms with Gasteiger partial charge in [0.15, 0.2) is 0 Å². The summed E-state index contributed by atoms with van der Waals surface area (Å²) in [6.07, 6.45) is 0. The van der Waals surface area contributed by atoms with Crippen LogP contribution in [0.2, 0.25) is 0 Å². The first-order valence-electron chi connectivity index (χ1n) is 6.92. The number of methoxy groups -OCH3 is 1. The van der Waals surface area contributed by atoms with Crippen molar-refractivity contribution in [3.63, 3.8) is 0 Å². The molecule has 0 heterocycles. The largest absolute Gasteiger partial charge is 0.383 e. The van der Waals surface area contributed by atoms with Crippen LogP contribution in [0, 0.1) is 0 Å². The van der Waals surface area contributed by atoms with Gasteiger partial charge in [0.2, 0.25) is 5.91 Å². The van der Waals surface area contributed by atoms with Gasteiger partial charge in [0.05, 0.1) is 13.2 Å². The molecule has 5 nitrogen and oxygen atoms in total. The zero-order valence-electron chi connectivity index (χ0n) is 12.6. The predicted octanol–water partition coefficient (Wildman–Crippen LogP) is 1.44. The molecule has 1 aromatic rings. The monoisotopic (exact) mass is 279 g/mol. The first-order chi connectivity index (χ1) is 9.60. The van der Waals surface area contributed by atoms with Gasteiger partial charge in [-0.3, -0.25) is 9.69 Å². The summed E-state index contributed by atoms with van der Waals surface area (Å²) >= 11 is 0. The fourth-order valence-corrected chi connectivity index (χ4v) is 2.04. The number of nitrogens with zero attached hydrogens (tertiary/aromatic N) is 1. The smallest absolute Gasteiger partial charge is 0.238 e. The van der Waals surface area contributed by atoms with Crippen LogP contribution in [0.1, 0.15) is 19.4 Å². The van der Waals surface area contributed by atoms with Crippen LogP contribution in [0.4, 0.5) is 5.69 Å². The van der Waals surface area contributed by atoms with E-state index >= 15 is 0 Å². The minimum atomic E-state index is -0.0182. The topological polar surface area (TPSA) is 67.6 Å². The third-order valence-corrected chi connectivity index (χ3v) is 3.26. The Morgan fingerprint density at radius 1 is 1.40 bits per heavy atom. The zero-order valence-corrected chi connectivity index (χ0v) is 12.6. The Labute approximate surface area is 121 Å². The molecule has 1 aromatic carbocycles. The van der Waals surface area contributed by atoms with Crippen molar-refractivity contribution >= 4 is 11.6 Å². The van der Waals surface area contributed by atoms with Gasteiger partial charge >= 0.3 is 0 Å². The van der Waals surface area contributed by atoms with E-state index in [1.54, 1.807) is 7.11 Å². The van der Waals surface area contributed by atoms with Gasteiger partial charge < -0.3 is 15.8 Å². The summed E-state index contributed by atoms with van der Waals surface area (Å²) in [5.74, 6) is -0.0182. The molecule has 112 valence electrons. The Hall–Kier alpha value is -1.43. The van der Waals surface area contributed by atoms with E-state index in [-0.39, 0.29) is 11.9 Å². The fourth-order valence-electron chi connectivity index (χ4n) is 2.04.